The Labute approximate surface area is 130 Å². The molecule has 0 unspecified atom stereocenters. The number of halogens is 4. The smallest absolute Gasteiger partial charge is 0.384 e. The molecule has 0 aliphatic heterocycles. The Morgan fingerprint density at radius 1 is 1.33 bits per heavy atom. The molecule has 0 bridgehead atoms. The third kappa shape index (κ3) is 6.37. The second kappa shape index (κ2) is 7.68. The highest BCUT2D eigenvalue weighted by Gasteiger charge is 2.33. The van der Waals surface area contributed by atoms with E-state index in [1.165, 1.54) is 12.1 Å². The Hall–Kier alpha value is -1.24. The van der Waals surface area contributed by atoms with Crippen molar-refractivity contribution >= 4 is 27.5 Å². The molecule has 0 spiro atoms. The van der Waals surface area contributed by atoms with Crippen molar-refractivity contribution in [2.75, 3.05) is 18.4 Å². The second-order valence-corrected chi connectivity index (χ2v) is 5.98. The van der Waals surface area contributed by atoms with Gasteiger partial charge in [0.15, 0.2) is 0 Å². The molecule has 0 radical (unpaired) electrons. The van der Waals surface area contributed by atoms with E-state index in [1.807, 2.05) is 13.8 Å². The number of alkyl halides is 3. The van der Waals surface area contributed by atoms with E-state index in [1.54, 1.807) is 0 Å². The molecule has 0 aromatic heterocycles. The number of rotatable bonds is 6. The van der Waals surface area contributed by atoms with Crippen LogP contribution in [0.25, 0.3) is 0 Å². The Kier molecular flexibility index (Phi) is 6.51. The van der Waals surface area contributed by atoms with Crippen LogP contribution >= 0.6 is 15.9 Å². The highest BCUT2D eigenvalue weighted by atomic mass is 79.9. The molecule has 0 fully saturated rings. The van der Waals surface area contributed by atoms with Crippen molar-refractivity contribution < 1.29 is 18.0 Å². The lowest BCUT2D eigenvalue weighted by atomic mass is 10.1. The number of anilines is 1. The van der Waals surface area contributed by atoms with Crippen LogP contribution in [0, 0.1) is 5.92 Å². The van der Waals surface area contributed by atoms with E-state index in [4.69, 9.17) is 0 Å². The van der Waals surface area contributed by atoms with Crippen LogP contribution in [0.1, 0.15) is 25.8 Å². The van der Waals surface area contributed by atoms with Crippen LogP contribution in [0.5, 0.6) is 0 Å². The summed E-state index contributed by atoms with van der Waals surface area (Å²) in [6.07, 6.45) is -4.31. The van der Waals surface area contributed by atoms with Crippen molar-refractivity contribution in [3.8, 4) is 0 Å². The van der Waals surface area contributed by atoms with Gasteiger partial charge < -0.3 is 10.6 Å². The summed E-state index contributed by atoms with van der Waals surface area (Å²) in [5.41, 5.74) is -0.776. The molecule has 1 aromatic carbocycles. The summed E-state index contributed by atoms with van der Waals surface area (Å²) in [5, 5.41) is 5.38. The quantitative estimate of drug-likeness (QED) is 0.797. The van der Waals surface area contributed by atoms with Crippen LogP contribution in [0.15, 0.2) is 22.7 Å². The van der Waals surface area contributed by atoms with Gasteiger partial charge in [0.05, 0.1) is 5.56 Å². The molecule has 1 aromatic rings. The maximum atomic E-state index is 12.8. The Bertz CT molecular complexity index is 490. The largest absolute Gasteiger partial charge is 0.418 e. The van der Waals surface area contributed by atoms with Gasteiger partial charge >= 0.3 is 6.18 Å². The maximum Gasteiger partial charge on any atom is 0.418 e. The van der Waals surface area contributed by atoms with Crippen molar-refractivity contribution in [2.24, 2.45) is 5.92 Å². The summed E-state index contributed by atoms with van der Waals surface area (Å²) in [6.45, 7) is 4.64. The molecule has 21 heavy (non-hydrogen) atoms. The van der Waals surface area contributed by atoms with Crippen LogP contribution < -0.4 is 10.6 Å². The first-order valence-corrected chi connectivity index (χ1v) is 7.36. The molecule has 2 N–H and O–H groups in total. The average Bonchev–Trinajstić information content (AvgIpc) is 2.35. The zero-order valence-corrected chi connectivity index (χ0v) is 13.4. The van der Waals surface area contributed by atoms with Gasteiger partial charge in [-0.1, -0.05) is 29.8 Å². The fourth-order valence-corrected chi connectivity index (χ4v) is 1.99. The molecule has 0 aliphatic rings. The lowest BCUT2D eigenvalue weighted by Crippen LogP contribution is -2.28. The summed E-state index contributed by atoms with van der Waals surface area (Å²) in [4.78, 5) is 11.5. The molecule has 7 heteroatoms. The molecule has 0 atom stereocenters. The summed E-state index contributed by atoms with van der Waals surface area (Å²) in [6, 6.07) is 3.70. The lowest BCUT2D eigenvalue weighted by Gasteiger charge is -2.15. The maximum absolute atomic E-state index is 12.8. The third-order valence-corrected chi connectivity index (χ3v) is 3.16. The predicted octanol–water partition coefficient (Wildman–Crippen LogP) is 4.04. The van der Waals surface area contributed by atoms with E-state index in [0.29, 0.717) is 16.9 Å². The standard InChI is InChI=1S/C14H18BrF3N2O/c1-9(2)8-20-13(21)5-6-19-12-7-10(15)3-4-11(12)14(16,17)18/h3-4,7,9,19H,5-6,8H2,1-2H3,(H,20,21). The molecule has 3 nitrogen and oxygen atoms in total. The summed E-state index contributed by atoms with van der Waals surface area (Å²) in [7, 11) is 0. The van der Waals surface area contributed by atoms with Gasteiger partial charge in [-0.15, -0.1) is 0 Å². The fourth-order valence-electron chi connectivity index (χ4n) is 1.63. The molecule has 0 aliphatic carbocycles. The first-order valence-electron chi connectivity index (χ1n) is 6.57. The molecule has 0 saturated carbocycles. The van der Waals surface area contributed by atoms with E-state index in [9.17, 15) is 18.0 Å². The highest BCUT2D eigenvalue weighted by Crippen LogP contribution is 2.36. The van der Waals surface area contributed by atoms with Gasteiger partial charge in [-0.3, -0.25) is 4.79 Å². The summed E-state index contributed by atoms with van der Waals surface area (Å²) in [5.74, 6) is 0.156. The van der Waals surface area contributed by atoms with Crippen molar-refractivity contribution in [1.82, 2.24) is 5.32 Å². The third-order valence-electron chi connectivity index (χ3n) is 2.66. The van der Waals surface area contributed by atoms with Gasteiger partial charge in [0.1, 0.15) is 0 Å². The van der Waals surface area contributed by atoms with Crippen molar-refractivity contribution in [3.05, 3.63) is 28.2 Å². The second-order valence-electron chi connectivity index (χ2n) is 5.06. The van der Waals surface area contributed by atoms with Gasteiger partial charge in [0.25, 0.3) is 0 Å². The van der Waals surface area contributed by atoms with Gasteiger partial charge in [-0.2, -0.15) is 13.2 Å². The van der Waals surface area contributed by atoms with E-state index in [2.05, 4.69) is 26.6 Å². The molecule has 0 heterocycles. The first kappa shape index (κ1) is 17.8. The zero-order valence-electron chi connectivity index (χ0n) is 11.9. The van der Waals surface area contributed by atoms with Gasteiger partial charge in [-0.05, 0) is 24.1 Å². The van der Waals surface area contributed by atoms with Gasteiger partial charge in [-0.25, -0.2) is 0 Å². The van der Waals surface area contributed by atoms with Crippen molar-refractivity contribution in [3.63, 3.8) is 0 Å². The molecular weight excluding hydrogens is 349 g/mol. The normalized spacial score (nSPS) is 11.6. The number of nitrogens with one attached hydrogen (secondary N) is 2. The highest BCUT2D eigenvalue weighted by molar-refractivity contribution is 9.10. The van der Waals surface area contributed by atoms with Crippen LogP contribution in [-0.4, -0.2) is 19.0 Å². The van der Waals surface area contributed by atoms with Gasteiger partial charge in [0.2, 0.25) is 5.91 Å². The Morgan fingerprint density at radius 2 is 2.00 bits per heavy atom. The Morgan fingerprint density at radius 3 is 2.57 bits per heavy atom. The number of hydrogen-bond acceptors (Lipinski definition) is 2. The van der Waals surface area contributed by atoms with Crippen LogP contribution in [0.4, 0.5) is 18.9 Å². The number of carbonyl (C=O) groups excluding carboxylic acids is 1. The van der Waals surface area contributed by atoms with E-state index >= 15 is 0 Å². The topological polar surface area (TPSA) is 41.1 Å². The zero-order chi connectivity index (χ0) is 16.0. The average molecular weight is 367 g/mol. The molecule has 1 amide bonds. The molecular formula is C14H18BrF3N2O. The minimum atomic E-state index is -4.43. The predicted molar refractivity (Wildman–Crippen MR) is 80.1 cm³/mol. The number of amides is 1. The summed E-state index contributed by atoms with van der Waals surface area (Å²) >= 11 is 3.14. The molecule has 118 valence electrons. The molecule has 0 saturated heterocycles. The van der Waals surface area contributed by atoms with Crippen molar-refractivity contribution in [1.29, 1.82) is 0 Å². The lowest BCUT2D eigenvalue weighted by molar-refractivity contribution is -0.137. The fraction of sp³-hybridized carbons (Fsp3) is 0.500. The van der Waals surface area contributed by atoms with E-state index in [-0.39, 0.29) is 24.6 Å². The monoisotopic (exact) mass is 366 g/mol. The molecule has 1 rings (SSSR count). The minimum Gasteiger partial charge on any atom is -0.384 e. The number of carbonyl (C=O) groups is 1. The van der Waals surface area contributed by atoms with Crippen LogP contribution in [-0.2, 0) is 11.0 Å². The summed E-state index contributed by atoms with van der Waals surface area (Å²) < 4.78 is 39.1. The number of hydrogen-bond donors (Lipinski definition) is 2. The van der Waals surface area contributed by atoms with E-state index in [0.717, 1.165) is 6.07 Å². The number of benzene rings is 1. The first-order chi connectivity index (χ1) is 9.70. The van der Waals surface area contributed by atoms with Crippen LogP contribution in [0.3, 0.4) is 0 Å². The Balaban J connectivity index is 2.59. The minimum absolute atomic E-state index is 0.0338. The van der Waals surface area contributed by atoms with Crippen molar-refractivity contribution in [2.45, 2.75) is 26.4 Å². The van der Waals surface area contributed by atoms with Gasteiger partial charge in [0, 0.05) is 29.7 Å². The SMILES string of the molecule is CC(C)CNC(=O)CCNc1cc(Br)ccc1C(F)(F)F. The van der Waals surface area contributed by atoms with Crippen LogP contribution in [0.2, 0.25) is 0 Å². The van der Waals surface area contributed by atoms with E-state index < -0.39 is 11.7 Å².